The van der Waals surface area contributed by atoms with E-state index in [0.29, 0.717) is 19.4 Å². The summed E-state index contributed by atoms with van der Waals surface area (Å²) in [5, 5.41) is 54.1. The Bertz CT molecular complexity index is 1360. The van der Waals surface area contributed by atoms with Gasteiger partial charge in [-0.25, -0.2) is 0 Å². The van der Waals surface area contributed by atoms with Crippen LogP contribution in [0.4, 0.5) is 0 Å². The zero-order valence-electron chi connectivity index (χ0n) is 45.2. The van der Waals surface area contributed by atoms with Gasteiger partial charge in [-0.3, -0.25) is 9.59 Å². The third-order valence-corrected chi connectivity index (χ3v) is 13.3. The molecule has 11 heteroatoms. The van der Waals surface area contributed by atoms with E-state index in [0.717, 1.165) is 89.9 Å². The Kier molecular flexibility index (Phi) is 46.3. The Morgan fingerprint density at radius 1 is 0.521 bits per heavy atom. The molecule has 0 bridgehead atoms. The maximum atomic E-state index is 13.0. The molecule has 0 aromatic carbocycles. The molecule has 0 aromatic heterocycles. The van der Waals surface area contributed by atoms with Crippen LogP contribution in [0.3, 0.4) is 0 Å². The van der Waals surface area contributed by atoms with Crippen molar-refractivity contribution >= 4 is 11.9 Å². The minimum atomic E-state index is -1.58. The van der Waals surface area contributed by atoms with Gasteiger partial charge in [0.25, 0.3) is 0 Å². The van der Waals surface area contributed by atoms with Crippen molar-refractivity contribution in [1.82, 2.24) is 5.32 Å². The highest BCUT2D eigenvalue weighted by atomic mass is 16.7. The molecule has 0 aromatic rings. The summed E-state index contributed by atoms with van der Waals surface area (Å²) in [7, 11) is 0. The summed E-state index contributed by atoms with van der Waals surface area (Å²) in [5.74, 6) is -0.224. The lowest BCUT2D eigenvalue weighted by molar-refractivity contribution is -0.302. The van der Waals surface area contributed by atoms with Crippen molar-refractivity contribution < 1.29 is 49.3 Å². The molecule has 7 unspecified atom stereocenters. The molecule has 1 saturated heterocycles. The number of amides is 1. The third-order valence-electron chi connectivity index (χ3n) is 13.3. The van der Waals surface area contributed by atoms with Gasteiger partial charge in [0.1, 0.15) is 24.4 Å². The number of hydrogen-bond donors (Lipinski definition) is 6. The Morgan fingerprint density at radius 2 is 0.972 bits per heavy atom. The smallest absolute Gasteiger partial charge is 0.305 e. The molecule has 0 aliphatic carbocycles. The molecule has 1 heterocycles. The second-order valence-corrected chi connectivity index (χ2v) is 20.0. The number of allylic oxidation sites excluding steroid dienone is 9. The maximum absolute atomic E-state index is 13.0. The van der Waals surface area contributed by atoms with Gasteiger partial charge < -0.3 is 45.1 Å². The summed E-state index contributed by atoms with van der Waals surface area (Å²) in [6.07, 6.45) is 53.3. The first-order valence-corrected chi connectivity index (χ1v) is 29.1. The minimum Gasteiger partial charge on any atom is -0.466 e. The molecular formula is C60H107NO10. The van der Waals surface area contributed by atoms with E-state index < -0.39 is 49.5 Å². The number of rotatable bonds is 49. The van der Waals surface area contributed by atoms with Crippen LogP contribution >= 0.6 is 0 Å². The van der Waals surface area contributed by atoms with Crippen molar-refractivity contribution in [2.45, 2.75) is 288 Å². The van der Waals surface area contributed by atoms with Gasteiger partial charge in [0.2, 0.25) is 5.91 Å². The summed E-state index contributed by atoms with van der Waals surface area (Å²) in [4.78, 5) is 25.0. The highest BCUT2D eigenvalue weighted by Crippen LogP contribution is 2.23. The van der Waals surface area contributed by atoms with E-state index >= 15 is 0 Å². The van der Waals surface area contributed by atoms with Gasteiger partial charge in [0.15, 0.2) is 6.29 Å². The normalized spacial score (nSPS) is 19.6. The van der Waals surface area contributed by atoms with E-state index in [4.69, 9.17) is 14.2 Å². The number of nitrogens with one attached hydrogen (secondary N) is 1. The van der Waals surface area contributed by atoms with Gasteiger partial charge in [-0.1, -0.05) is 197 Å². The van der Waals surface area contributed by atoms with E-state index in [9.17, 15) is 35.1 Å². The fourth-order valence-electron chi connectivity index (χ4n) is 8.64. The molecule has 11 nitrogen and oxygen atoms in total. The lowest BCUT2D eigenvalue weighted by Gasteiger charge is -2.40. The van der Waals surface area contributed by atoms with Gasteiger partial charge in [0.05, 0.1) is 32.0 Å². The summed E-state index contributed by atoms with van der Waals surface area (Å²) in [6.45, 7) is 4.21. The number of carbonyl (C=O) groups is 2. The highest BCUT2D eigenvalue weighted by Gasteiger charge is 2.44. The number of aliphatic hydroxyl groups excluding tert-OH is 5. The zero-order chi connectivity index (χ0) is 51.7. The standard InChI is InChI=1S/C60H107NO10/c1-3-5-7-9-11-13-27-32-36-40-44-48-56(65)69-49-45-41-37-33-29-26-24-22-20-18-16-14-15-17-19-21-23-25-28-31-35-39-43-47-55(64)61-52(53(63)46-42-38-34-30-12-10-8-6-4-2)51-70-60-59(68)58(67)57(66)54(50-62)71-60/h9,11-12,14,16-17,19,30,42,46,52-54,57-60,62-63,66-68H,3-8,10,13,15,18,20-29,31-41,43-45,47-51H2,1-2H3,(H,61,64)/b11-9-,16-14-,19-17-,30-12+,46-42+. The van der Waals surface area contributed by atoms with Crippen molar-refractivity contribution in [2.75, 3.05) is 19.8 Å². The molecule has 1 fully saturated rings. The first-order valence-electron chi connectivity index (χ1n) is 29.1. The van der Waals surface area contributed by atoms with Crippen LogP contribution in [0, 0.1) is 0 Å². The number of carbonyl (C=O) groups excluding carboxylic acids is 2. The number of aliphatic hydroxyl groups is 5. The van der Waals surface area contributed by atoms with E-state index in [-0.39, 0.29) is 18.5 Å². The average molecular weight is 1000 g/mol. The van der Waals surface area contributed by atoms with Crippen molar-refractivity contribution in [2.24, 2.45) is 0 Å². The number of unbranched alkanes of at least 4 members (excludes halogenated alkanes) is 27. The monoisotopic (exact) mass is 1000 g/mol. The Labute approximate surface area is 433 Å². The topological polar surface area (TPSA) is 175 Å². The van der Waals surface area contributed by atoms with Gasteiger partial charge in [-0.2, -0.15) is 0 Å². The van der Waals surface area contributed by atoms with E-state index in [1.54, 1.807) is 6.08 Å². The van der Waals surface area contributed by atoms with Crippen LogP contribution in [0.5, 0.6) is 0 Å². The largest absolute Gasteiger partial charge is 0.466 e. The predicted molar refractivity (Wildman–Crippen MR) is 292 cm³/mol. The highest BCUT2D eigenvalue weighted by molar-refractivity contribution is 5.76. The molecule has 71 heavy (non-hydrogen) atoms. The minimum absolute atomic E-state index is 0.0174. The van der Waals surface area contributed by atoms with E-state index in [1.165, 1.54) is 128 Å². The molecule has 412 valence electrons. The molecular weight excluding hydrogens is 895 g/mol. The SMILES string of the molecule is CCCC/C=C\CCCCCCCC(=O)OCCCCCCCCCCC/C=C\C/C=C\CCCCCCCCCC(=O)NC(COC1OC(CO)C(O)C(O)C1O)C(O)/C=C/CC/C=C/CCCCC. The number of hydrogen-bond acceptors (Lipinski definition) is 10. The van der Waals surface area contributed by atoms with Crippen LogP contribution in [0.15, 0.2) is 60.8 Å². The van der Waals surface area contributed by atoms with E-state index in [1.807, 2.05) is 6.08 Å². The summed E-state index contributed by atoms with van der Waals surface area (Å²) in [6, 6.07) is -0.835. The first kappa shape index (κ1) is 66.4. The second-order valence-electron chi connectivity index (χ2n) is 20.0. The summed E-state index contributed by atoms with van der Waals surface area (Å²) in [5.41, 5.74) is 0. The molecule has 1 aliphatic heterocycles. The molecule has 0 saturated carbocycles. The molecule has 6 N–H and O–H groups in total. The van der Waals surface area contributed by atoms with Crippen LogP contribution in [0.2, 0.25) is 0 Å². The van der Waals surface area contributed by atoms with Crippen LogP contribution < -0.4 is 5.32 Å². The Hall–Kier alpha value is -2.64. The molecule has 1 rings (SSSR count). The molecule has 0 spiro atoms. The van der Waals surface area contributed by atoms with Crippen LogP contribution in [0.1, 0.15) is 245 Å². The average Bonchev–Trinajstić information content (AvgIpc) is 3.37. The fraction of sp³-hybridized carbons (Fsp3) is 0.800. The zero-order valence-corrected chi connectivity index (χ0v) is 45.2. The quantitative estimate of drug-likeness (QED) is 0.0195. The second kappa shape index (κ2) is 49.6. The Morgan fingerprint density at radius 3 is 1.52 bits per heavy atom. The predicted octanol–water partition coefficient (Wildman–Crippen LogP) is 13.1. The van der Waals surface area contributed by atoms with Gasteiger partial charge in [-0.05, 0) is 96.3 Å². The van der Waals surface area contributed by atoms with Crippen molar-refractivity contribution in [1.29, 1.82) is 0 Å². The van der Waals surface area contributed by atoms with Gasteiger partial charge >= 0.3 is 5.97 Å². The molecule has 0 radical (unpaired) electrons. The van der Waals surface area contributed by atoms with Crippen molar-refractivity contribution in [3.05, 3.63) is 60.8 Å². The van der Waals surface area contributed by atoms with Crippen molar-refractivity contribution in [3.8, 4) is 0 Å². The van der Waals surface area contributed by atoms with Crippen molar-refractivity contribution in [3.63, 3.8) is 0 Å². The van der Waals surface area contributed by atoms with Gasteiger partial charge in [0, 0.05) is 12.8 Å². The number of esters is 1. The van der Waals surface area contributed by atoms with Crippen LogP contribution in [-0.2, 0) is 23.8 Å². The van der Waals surface area contributed by atoms with Crippen LogP contribution in [0.25, 0.3) is 0 Å². The van der Waals surface area contributed by atoms with E-state index in [2.05, 4.69) is 67.8 Å². The third kappa shape index (κ3) is 39.5. The molecule has 7 atom stereocenters. The lowest BCUT2D eigenvalue weighted by Crippen LogP contribution is -2.60. The Balaban J connectivity index is 2.06. The maximum Gasteiger partial charge on any atom is 0.305 e. The number of ether oxygens (including phenoxy) is 3. The lowest BCUT2D eigenvalue weighted by atomic mass is 9.99. The molecule has 1 amide bonds. The van der Waals surface area contributed by atoms with Crippen LogP contribution in [-0.4, -0.2) is 100 Å². The first-order chi connectivity index (χ1) is 34.7. The molecule has 1 aliphatic rings. The van der Waals surface area contributed by atoms with Gasteiger partial charge in [-0.15, -0.1) is 0 Å². The summed E-state index contributed by atoms with van der Waals surface area (Å²) < 4.78 is 16.6. The summed E-state index contributed by atoms with van der Waals surface area (Å²) >= 11 is 0. The fourth-order valence-corrected chi connectivity index (χ4v) is 8.64.